The second-order valence-electron chi connectivity index (χ2n) is 13.0. The summed E-state index contributed by atoms with van der Waals surface area (Å²) in [6.45, 7) is 12.1. The minimum Gasteiger partial charge on any atom is -0.345 e. The van der Waals surface area contributed by atoms with Crippen LogP contribution in [-0.2, 0) is 30.5 Å². The van der Waals surface area contributed by atoms with Gasteiger partial charge in [-0.3, -0.25) is 24.0 Å². The number of nitrogens with one attached hydrogen (secondary N) is 3. The molecule has 4 unspecified atom stereocenters. The van der Waals surface area contributed by atoms with Gasteiger partial charge in [-0.1, -0.05) is 84.7 Å². The van der Waals surface area contributed by atoms with Gasteiger partial charge in [-0.15, -0.1) is 0 Å². The zero-order valence-electron chi connectivity index (χ0n) is 24.5. The van der Waals surface area contributed by atoms with E-state index in [1.165, 1.54) is 0 Å². The molecule has 40 heavy (non-hydrogen) atoms. The predicted molar refractivity (Wildman–Crippen MR) is 150 cm³/mol. The molecule has 3 N–H and O–H groups in total. The molecule has 218 valence electrons. The molecule has 4 rings (SSSR count). The number of carbonyl (C=O) groups is 5. The Morgan fingerprint density at radius 3 is 2.20 bits per heavy atom. The van der Waals surface area contributed by atoms with Crippen molar-refractivity contribution < 1.29 is 24.0 Å². The SMILES string of the molecule is CC(C)C(=O)N[C@H](C(=O)N1CC2C(C1C(=O)NC(CC1CC1)C(=O)C(=O)NCc1ccccc1)C2(C)C)C(C)C. The Morgan fingerprint density at radius 1 is 0.975 bits per heavy atom. The van der Waals surface area contributed by atoms with Crippen molar-refractivity contribution in [1.82, 2.24) is 20.9 Å². The van der Waals surface area contributed by atoms with Crippen molar-refractivity contribution in [3.8, 4) is 0 Å². The van der Waals surface area contributed by atoms with Gasteiger partial charge in [0.1, 0.15) is 12.1 Å². The van der Waals surface area contributed by atoms with Crippen LogP contribution in [0.15, 0.2) is 30.3 Å². The molecule has 0 bridgehead atoms. The highest BCUT2D eigenvalue weighted by Crippen LogP contribution is 2.65. The Bertz CT molecular complexity index is 1140. The fourth-order valence-electron chi connectivity index (χ4n) is 6.02. The van der Waals surface area contributed by atoms with Gasteiger partial charge < -0.3 is 20.9 Å². The smallest absolute Gasteiger partial charge is 0.289 e. The summed E-state index contributed by atoms with van der Waals surface area (Å²) in [6, 6.07) is 6.86. The molecule has 3 aliphatic rings. The highest BCUT2D eigenvalue weighted by atomic mass is 16.2. The van der Waals surface area contributed by atoms with Gasteiger partial charge in [0.15, 0.2) is 0 Å². The Morgan fingerprint density at radius 2 is 1.62 bits per heavy atom. The van der Waals surface area contributed by atoms with Gasteiger partial charge in [0.25, 0.3) is 5.91 Å². The van der Waals surface area contributed by atoms with Crippen molar-refractivity contribution in [2.45, 2.75) is 85.5 Å². The summed E-state index contributed by atoms with van der Waals surface area (Å²) in [5, 5.41) is 8.44. The first-order valence-electron chi connectivity index (χ1n) is 14.6. The van der Waals surface area contributed by atoms with Crippen molar-refractivity contribution in [1.29, 1.82) is 0 Å². The van der Waals surface area contributed by atoms with E-state index in [0.29, 0.717) is 18.9 Å². The van der Waals surface area contributed by atoms with Gasteiger partial charge in [-0.2, -0.15) is 0 Å². The molecule has 9 nitrogen and oxygen atoms in total. The van der Waals surface area contributed by atoms with Crippen LogP contribution in [0.5, 0.6) is 0 Å². The number of Topliss-reactive ketones (excluding diaryl/α,β-unsaturated/α-hetero) is 1. The molecule has 0 radical (unpaired) electrons. The molecule has 5 atom stereocenters. The van der Waals surface area contributed by atoms with Crippen molar-refractivity contribution in [2.24, 2.45) is 35.0 Å². The van der Waals surface area contributed by atoms with E-state index in [-0.39, 0.29) is 47.4 Å². The lowest BCUT2D eigenvalue weighted by Crippen LogP contribution is -2.59. The van der Waals surface area contributed by atoms with Gasteiger partial charge in [0, 0.05) is 19.0 Å². The Labute approximate surface area is 237 Å². The first-order chi connectivity index (χ1) is 18.8. The molecular formula is C31H44N4O5. The average Bonchev–Trinajstić information content (AvgIpc) is 3.76. The number of likely N-dealkylation sites (tertiary alicyclic amines) is 1. The number of piperidine rings is 1. The third kappa shape index (κ3) is 6.39. The molecule has 2 aliphatic carbocycles. The fourth-order valence-corrected chi connectivity index (χ4v) is 6.02. The molecule has 0 aromatic heterocycles. The van der Waals surface area contributed by atoms with Crippen LogP contribution in [-0.4, -0.2) is 59.0 Å². The number of carbonyl (C=O) groups excluding carboxylic acids is 5. The summed E-state index contributed by atoms with van der Waals surface area (Å²) in [4.78, 5) is 67.7. The number of nitrogens with zero attached hydrogens (tertiary/aromatic N) is 1. The summed E-state index contributed by atoms with van der Waals surface area (Å²) in [7, 11) is 0. The van der Waals surface area contributed by atoms with Gasteiger partial charge in [0.2, 0.25) is 23.5 Å². The third-order valence-corrected chi connectivity index (χ3v) is 8.93. The third-order valence-electron chi connectivity index (χ3n) is 8.93. The van der Waals surface area contributed by atoms with Crippen LogP contribution in [0.3, 0.4) is 0 Å². The van der Waals surface area contributed by atoms with E-state index >= 15 is 0 Å². The average molecular weight is 553 g/mol. The first-order valence-corrected chi connectivity index (χ1v) is 14.6. The monoisotopic (exact) mass is 552 g/mol. The highest BCUT2D eigenvalue weighted by Gasteiger charge is 2.69. The number of rotatable bonds is 12. The van der Waals surface area contributed by atoms with Crippen LogP contribution in [0.4, 0.5) is 0 Å². The van der Waals surface area contributed by atoms with E-state index in [0.717, 1.165) is 18.4 Å². The molecule has 9 heteroatoms. The standard InChI is InChI=1S/C31H44N4O5/c1-17(2)24(34-27(37)18(3)4)30(40)35-16-21-23(31(21,5)6)25(35)28(38)33-22(14-19-12-13-19)26(36)29(39)32-15-20-10-8-7-9-11-20/h7-11,17-19,21-25H,12-16H2,1-6H3,(H,32,39)(H,33,38)(H,34,37)/t21?,22?,23?,24-,25?/m0/s1. The normalized spacial score (nSPS) is 24.2. The van der Waals surface area contributed by atoms with Gasteiger partial charge in [-0.25, -0.2) is 0 Å². The number of benzene rings is 1. The van der Waals surface area contributed by atoms with Crippen LogP contribution in [0.2, 0.25) is 0 Å². The maximum absolute atomic E-state index is 13.9. The zero-order valence-corrected chi connectivity index (χ0v) is 24.5. The Kier molecular flexibility index (Phi) is 8.71. The molecule has 0 spiro atoms. The largest absolute Gasteiger partial charge is 0.345 e. The van der Waals surface area contributed by atoms with E-state index < -0.39 is 35.7 Å². The summed E-state index contributed by atoms with van der Waals surface area (Å²) in [5.74, 6) is -2.33. The molecular weight excluding hydrogens is 508 g/mol. The molecule has 3 fully saturated rings. The number of ketones is 1. The lowest BCUT2D eigenvalue weighted by atomic mass is 9.96. The summed E-state index contributed by atoms with van der Waals surface area (Å²) >= 11 is 0. The van der Waals surface area contributed by atoms with Gasteiger partial charge in [-0.05, 0) is 41.1 Å². The highest BCUT2D eigenvalue weighted by molar-refractivity contribution is 6.38. The van der Waals surface area contributed by atoms with Crippen molar-refractivity contribution in [3.05, 3.63) is 35.9 Å². The van der Waals surface area contributed by atoms with E-state index in [2.05, 4.69) is 29.8 Å². The van der Waals surface area contributed by atoms with Gasteiger partial charge in [0.05, 0.1) is 6.04 Å². The minimum absolute atomic E-state index is 0.0475. The quantitative estimate of drug-likeness (QED) is 0.344. The predicted octanol–water partition coefficient (Wildman–Crippen LogP) is 2.44. The van der Waals surface area contributed by atoms with Crippen LogP contribution >= 0.6 is 0 Å². The summed E-state index contributed by atoms with van der Waals surface area (Å²) in [5.41, 5.74) is 0.758. The second kappa shape index (κ2) is 11.7. The van der Waals surface area contributed by atoms with E-state index in [1.807, 2.05) is 44.2 Å². The lowest BCUT2D eigenvalue weighted by molar-refractivity contribution is -0.145. The van der Waals surface area contributed by atoms with E-state index in [4.69, 9.17) is 0 Å². The number of hydrogen-bond acceptors (Lipinski definition) is 5. The fraction of sp³-hybridized carbons (Fsp3) is 0.645. The minimum atomic E-state index is -0.949. The van der Waals surface area contributed by atoms with Gasteiger partial charge >= 0.3 is 0 Å². The maximum Gasteiger partial charge on any atom is 0.289 e. The molecule has 1 aliphatic heterocycles. The van der Waals surface area contributed by atoms with E-state index in [9.17, 15) is 24.0 Å². The Balaban J connectivity index is 1.49. The van der Waals surface area contributed by atoms with Crippen molar-refractivity contribution >= 4 is 29.4 Å². The molecule has 1 aromatic carbocycles. The molecule has 1 heterocycles. The van der Waals surface area contributed by atoms with Crippen LogP contribution in [0.1, 0.15) is 66.4 Å². The molecule has 2 saturated carbocycles. The van der Waals surface area contributed by atoms with Crippen LogP contribution < -0.4 is 16.0 Å². The summed E-state index contributed by atoms with van der Waals surface area (Å²) < 4.78 is 0. The summed E-state index contributed by atoms with van der Waals surface area (Å²) in [6.07, 6.45) is 2.33. The Hall–Kier alpha value is -3.23. The van der Waals surface area contributed by atoms with Crippen LogP contribution in [0.25, 0.3) is 0 Å². The number of fused-ring (bicyclic) bond motifs is 1. The molecule has 1 aromatic rings. The molecule has 1 saturated heterocycles. The van der Waals surface area contributed by atoms with E-state index in [1.54, 1.807) is 18.7 Å². The van der Waals surface area contributed by atoms with Crippen molar-refractivity contribution in [3.63, 3.8) is 0 Å². The topological polar surface area (TPSA) is 125 Å². The zero-order chi connectivity index (χ0) is 29.4. The number of amides is 4. The van der Waals surface area contributed by atoms with Crippen LogP contribution in [0, 0.1) is 35.0 Å². The molecule has 4 amide bonds. The lowest BCUT2D eigenvalue weighted by Gasteiger charge is -2.35. The maximum atomic E-state index is 13.9. The first kappa shape index (κ1) is 29.7. The second-order valence-corrected chi connectivity index (χ2v) is 13.0. The number of hydrogen-bond donors (Lipinski definition) is 3. The van der Waals surface area contributed by atoms with Crippen molar-refractivity contribution in [2.75, 3.05) is 6.54 Å².